The fraction of sp³-hybridized carbons (Fsp3) is 0.500. The maximum atomic E-state index is 14.1. The number of halogens is 3. The first-order valence-corrected chi connectivity index (χ1v) is 6.66. The van der Waals surface area contributed by atoms with Gasteiger partial charge in [0.2, 0.25) is 0 Å². The van der Waals surface area contributed by atoms with Gasteiger partial charge >= 0.3 is 0 Å². The highest BCUT2D eigenvalue weighted by Gasteiger charge is 2.25. The molecule has 2 unspecified atom stereocenters. The smallest absolute Gasteiger partial charge is 0.147 e. The summed E-state index contributed by atoms with van der Waals surface area (Å²) in [6.07, 6.45) is 0. The second-order valence-electron chi connectivity index (χ2n) is 4.51. The molecule has 0 aliphatic rings. The van der Waals surface area contributed by atoms with Crippen molar-refractivity contribution in [1.82, 2.24) is 5.43 Å². The molecule has 5 heteroatoms. The molecule has 0 amide bonds. The first-order chi connectivity index (χ1) is 7.90. The average molecular weight is 324 g/mol. The first kappa shape index (κ1) is 14.9. The predicted molar refractivity (Wildman–Crippen MR) is 73.2 cm³/mol. The van der Waals surface area contributed by atoms with Gasteiger partial charge < -0.3 is 0 Å². The molecule has 0 radical (unpaired) electrons. The molecule has 0 heterocycles. The van der Waals surface area contributed by atoms with Crippen LogP contribution in [0.25, 0.3) is 0 Å². The summed E-state index contributed by atoms with van der Waals surface area (Å²) in [6.45, 7) is 6.19. The summed E-state index contributed by atoms with van der Waals surface area (Å²) in [7, 11) is 0. The number of hydrogen-bond acceptors (Lipinski definition) is 2. The second-order valence-corrected chi connectivity index (χ2v) is 5.74. The van der Waals surface area contributed by atoms with Crippen LogP contribution in [0, 0.1) is 17.7 Å². The topological polar surface area (TPSA) is 38.0 Å². The van der Waals surface area contributed by atoms with Gasteiger partial charge in [-0.05, 0) is 33.8 Å². The van der Waals surface area contributed by atoms with Crippen LogP contribution in [0.1, 0.15) is 32.4 Å². The van der Waals surface area contributed by atoms with Crippen molar-refractivity contribution in [2.75, 3.05) is 0 Å². The number of nitrogens with two attached hydrogens (primary N) is 1. The van der Waals surface area contributed by atoms with Crippen molar-refractivity contribution in [2.45, 2.75) is 26.8 Å². The predicted octanol–water partition coefficient (Wildman–Crippen LogP) is 4.04. The Balaban J connectivity index is 3.17. The number of rotatable bonds is 4. The van der Waals surface area contributed by atoms with Crippen molar-refractivity contribution in [3.8, 4) is 0 Å². The van der Waals surface area contributed by atoms with Gasteiger partial charge in [-0.2, -0.15) is 0 Å². The van der Waals surface area contributed by atoms with Crippen LogP contribution in [0.4, 0.5) is 4.39 Å². The standard InChI is InChI=1S/C12H17BrClFN2/c1-6(2)7(3)12(17-16)8-4-5-9(13)10(14)11(8)15/h4-7,12,17H,16H2,1-3H3. The van der Waals surface area contributed by atoms with Gasteiger partial charge in [-0.3, -0.25) is 11.3 Å². The largest absolute Gasteiger partial charge is 0.271 e. The van der Waals surface area contributed by atoms with E-state index in [1.54, 1.807) is 12.1 Å². The normalized spacial score (nSPS) is 15.1. The zero-order valence-corrected chi connectivity index (χ0v) is 12.4. The first-order valence-electron chi connectivity index (χ1n) is 5.49. The van der Waals surface area contributed by atoms with Gasteiger partial charge in [-0.25, -0.2) is 4.39 Å². The molecule has 2 nitrogen and oxygen atoms in total. The lowest BCUT2D eigenvalue weighted by Gasteiger charge is -2.27. The van der Waals surface area contributed by atoms with Gasteiger partial charge in [-0.1, -0.05) is 38.4 Å². The van der Waals surface area contributed by atoms with Crippen molar-refractivity contribution in [2.24, 2.45) is 17.7 Å². The summed E-state index contributed by atoms with van der Waals surface area (Å²) >= 11 is 9.07. The van der Waals surface area contributed by atoms with Gasteiger partial charge in [0, 0.05) is 10.0 Å². The maximum Gasteiger partial charge on any atom is 0.147 e. The summed E-state index contributed by atoms with van der Waals surface area (Å²) in [4.78, 5) is 0. The Morgan fingerprint density at radius 2 is 1.94 bits per heavy atom. The Hall–Kier alpha value is -0.160. The number of hydrogen-bond donors (Lipinski definition) is 2. The van der Waals surface area contributed by atoms with Gasteiger partial charge in [0.15, 0.2) is 0 Å². The Kier molecular flexibility index (Phi) is 5.38. The lowest BCUT2D eigenvalue weighted by molar-refractivity contribution is 0.300. The molecule has 3 N–H and O–H groups in total. The van der Waals surface area contributed by atoms with Gasteiger partial charge in [0.05, 0.1) is 11.1 Å². The number of benzene rings is 1. The molecule has 0 spiro atoms. The van der Waals surface area contributed by atoms with E-state index in [0.29, 0.717) is 16.0 Å². The minimum atomic E-state index is -0.420. The molecule has 0 saturated carbocycles. The molecule has 17 heavy (non-hydrogen) atoms. The highest BCUT2D eigenvalue weighted by Crippen LogP contribution is 2.34. The minimum Gasteiger partial charge on any atom is -0.271 e. The van der Waals surface area contributed by atoms with Crippen molar-refractivity contribution in [1.29, 1.82) is 0 Å². The van der Waals surface area contributed by atoms with Gasteiger partial charge in [0.1, 0.15) is 5.82 Å². The molecular formula is C12H17BrClFN2. The third-order valence-corrected chi connectivity index (χ3v) is 4.42. The Morgan fingerprint density at radius 1 is 1.35 bits per heavy atom. The molecule has 96 valence electrons. The van der Waals surface area contributed by atoms with Crippen LogP contribution in [-0.4, -0.2) is 0 Å². The van der Waals surface area contributed by atoms with E-state index in [-0.39, 0.29) is 17.0 Å². The van der Waals surface area contributed by atoms with E-state index < -0.39 is 5.82 Å². The highest BCUT2D eigenvalue weighted by atomic mass is 79.9. The quantitative estimate of drug-likeness (QED) is 0.498. The van der Waals surface area contributed by atoms with Crippen LogP contribution in [-0.2, 0) is 0 Å². The van der Waals surface area contributed by atoms with Crippen molar-refractivity contribution < 1.29 is 4.39 Å². The maximum absolute atomic E-state index is 14.1. The Labute approximate surface area is 115 Å². The van der Waals surface area contributed by atoms with E-state index >= 15 is 0 Å². The summed E-state index contributed by atoms with van der Waals surface area (Å²) in [5.74, 6) is 5.70. The van der Waals surface area contributed by atoms with Crippen LogP contribution in [0.5, 0.6) is 0 Å². The molecule has 1 aromatic rings. The SMILES string of the molecule is CC(C)C(C)C(NN)c1ccc(Br)c(Cl)c1F. The highest BCUT2D eigenvalue weighted by molar-refractivity contribution is 9.10. The van der Waals surface area contributed by atoms with Crippen LogP contribution < -0.4 is 11.3 Å². The Bertz CT molecular complexity index is 398. The summed E-state index contributed by atoms with van der Waals surface area (Å²) in [6, 6.07) is 3.19. The molecular weight excluding hydrogens is 307 g/mol. The fourth-order valence-electron chi connectivity index (χ4n) is 1.69. The third kappa shape index (κ3) is 3.19. The van der Waals surface area contributed by atoms with E-state index in [4.69, 9.17) is 17.4 Å². The lowest BCUT2D eigenvalue weighted by Crippen LogP contribution is -2.35. The molecule has 0 saturated heterocycles. The van der Waals surface area contributed by atoms with Crippen molar-refractivity contribution in [3.63, 3.8) is 0 Å². The van der Waals surface area contributed by atoms with Crippen LogP contribution in [0.2, 0.25) is 5.02 Å². The van der Waals surface area contributed by atoms with Gasteiger partial charge in [-0.15, -0.1) is 0 Å². The zero-order chi connectivity index (χ0) is 13.2. The number of nitrogens with one attached hydrogen (secondary N) is 1. The van der Waals surface area contributed by atoms with E-state index in [0.717, 1.165) is 0 Å². The van der Waals surface area contributed by atoms with Gasteiger partial charge in [0.25, 0.3) is 0 Å². The van der Waals surface area contributed by atoms with Crippen LogP contribution in [0.3, 0.4) is 0 Å². The zero-order valence-electron chi connectivity index (χ0n) is 10.1. The summed E-state index contributed by atoms with van der Waals surface area (Å²) < 4.78 is 14.6. The van der Waals surface area contributed by atoms with E-state index in [9.17, 15) is 4.39 Å². The monoisotopic (exact) mass is 322 g/mol. The molecule has 0 aromatic heterocycles. The molecule has 1 rings (SSSR count). The third-order valence-electron chi connectivity index (χ3n) is 3.16. The molecule has 1 aromatic carbocycles. The van der Waals surface area contributed by atoms with Crippen LogP contribution >= 0.6 is 27.5 Å². The lowest BCUT2D eigenvalue weighted by atomic mass is 9.86. The fourth-order valence-corrected chi connectivity index (χ4v) is 2.17. The number of hydrazine groups is 1. The molecule has 2 atom stereocenters. The average Bonchev–Trinajstić information content (AvgIpc) is 2.29. The molecule has 0 aliphatic heterocycles. The van der Waals surface area contributed by atoms with E-state index in [1.165, 1.54) is 0 Å². The summed E-state index contributed by atoms with van der Waals surface area (Å²) in [5.41, 5.74) is 3.17. The molecule has 0 aliphatic carbocycles. The minimum absolute atomic E-state index is 0.0960. The molecule has 0 fully saturated rings. The Morgan fingerprint density at radius 3 is 2.41 bits per heavy atom. The summed E-state index contributed by atoms with van der Waals surface area (Å²) in [5, 5.41) is 0.0960. The molecule has 0 bridgehead atoms. The van der Waals surface area contributed by atoms with Crippen LogP contribution in [0.15, 0.2) is 16.6 Å². The van der Waals surface area contributed by atoms with Crippen molar-refractivity contribution >= 4 is 27.5 Å². The van der Waals surface area contributed by atoms with E-state index in [1.807, 2.05) is 6.92 Å². The van der Waals surface area contributed by atoms with E-state index in [2.05, 4.69) is 35.2 Å². The van der Waals surface area contributed by atoms with Crippen molar-refractivity contribution in [3.05, 3.63) is 33.0 Å². The second kappa shape index (κ2) is 6.14.